The molecule has 1 heterocycles. The molecule has 1 aromatic carbocycles. The number of hydrogen-bond acceptors (Lipinski definition) is 4. The molecule has 4 nitrogen and oxygen atoms in total. The highest BCUT2D eigenvalue weighted by Crippen LogP contribution is 2.37. The number of carbonyl (C=O) groups is 2. The number of Topliss-reactive ketones (excluding diaryl/α,β-unsaturated/α-hetero) is 1. The van der Waals surface area contributed by atoms with Gasteiger partial charge in [0.25, 0.3) is 5.91 Å². The summed E-state index contributed by atoms with van der Waals surface area (Å²) in [5.41, 5.74) is 0.605. The van der Waals surface area contributed by atoms with Gasteiger partial charge in [0.15, 0.2) is 5.78 Å². The van der Waals surface area contributed by atoms with E-state index in [9.17, 15) is 22.8 Å². The van der Waals surface area contributed by atoms with E-state index in [0.717, 1.165) is 11.8 Å². The Kier molecular flexibility index (Phi) is 4.80. The Morgan fingerprint density at radius 1 is 1.32 bits per heavy atom. The summed E-state index contributed by atoms with van der Waals surface area (Å²) in [5, 5.41) is 2.36. The number of ketones is 1. The fourth-order valence-corrected chi connectivity index (χ4v) is 2.66. The number of alkyl halides is 3. The van der Waals surface area contributed by atoms with Crippen LogP contribution in [-0.4, -0.2) is 30.2 Å². The summed E-state index contributed by atoms with van der Waals surface area (Å²) in [6.45, 7) is 1.26. The smallest absolute Gasteiger partial charge is 0.450 e. The number of allylic oxidation sites excluding steroid dienone is 1. The van der Waals surface area contributed by atoms with Gasteiger partial charge < -0.3 is 10.1 Å². The van der Waals surface area contributed by atoms with E-state index in [0.29, 0.717) is 5.56 Å². The number of thioether (sulfide) groups is 1. The molecule has 1 aliphatic rings. The van der Waals surface area contributed by atoms with E-state index in [1.807, 2.05) is 0 Å². The lowest BCUT2D eigenvalue weighted by molar-refractivity contribution is -0.133. The predicted octanol–water partition coefficient (Wildman–Crippen LogP) is 3.37. The van der Waals surface area contributed by atoms with E-state index in [-0.39, 0.29) is 23.8 Å². The minimum atomic E-state index is -4.72. The van der Waals surface area contributed by atoms with Gasteiger partial charge in [0.1, 0.15) is 4.91 Å². The number of nitrogens with one attached hydrogen (secondary N) is 1. The van der Waals surface area contributed by atoms with Gasteiger partial charge in [-0.15, -0.1) is 11.8 Å². The average Bonchev–Trinajstić information content (AvgIpc) is 2.46. The zero-order valence-electron chi connectivity index (χ0n) is 11.5. The molecule has 0 bridgehead atoms. The molecule has 0 saturated heterocycles. The number of halogens is 3. The first-order valence-electron chi connectivity index (χ1n) is 6.28. The van der Waals surface area contributed by atoms with E-state index in [1.165, 1.54) is 25.1 Å². The summed E-state index contributed by atoms with van der Waals surface area (Å²) in [6.07, 6.45) is -4.72. The first-order valence-corrected chi connectivity index (χ1v) is 7.27. The van der Waals surface area contributed by atoms with Crippen LogP contribution in [0.5, 0.6) is 0 Å². The van der Waals surface area contributed by atoms with Crippen LogP contribution in [0.25, 0.3) is 0 Å². The fourth-order valence-electron chi connectivity index (χ4n) is 1.80. The molecule has 0 atom stereocenters. The van der Waals surface area contributed by atoms with Gasteiger partial charge in [-0.05, 0) is 19.1 Å². The van der Waals surface area contributed by atoms with Gasteiger partial charge in [0, 0.05) is 17.0 Å². The largest absolute Gasteiger partial charge is 0.487 e. The van der Waals surface area contributed by atoms with Crippen molar-refractivity contribution in [1.82, 2.24) is 0 Å². The maximum atomic E-state index is 12.8. The lowest BCUT2D eigenvalue weighted by atomic mass is 10.1. The van der Waals surface area contributed by atoms with Crippen LogP contribution in [0, 0.1) is 0 Å². The van der Waals surface area contributed by atoms with Crippen LogP contribution < -0.4 is 5.32 Å². The van der Waals surface area contributed by atoms with Gasteiger partial charge in [-0.1, -0.05) is 12.1 Å². The summed E-state index contributed by atoms with van der Waals surface area (Å²) >= 11 is 0.792. The Hall–Kier alpha value is -1.96. The predicted molar refractivity (Wildman–Crippen MR) is 76.6 cm³/mol. The third-order valence-electron chi connectivity index (χ3n) is 2.77. The maximum absolute atomic E-state index is 12.8. The van der Waals surface area contributed by atoms with Crippen LogP contribution in [0.4, 0.5) is 18.9 Å². The molecule has 1 aromatic rings. The highest BCUT2D eigenvalue weighted by Gasteiger charge is 2.42. The molecule has 1 amide bonds. The van der Waals surface area contributed by atoms with Crippen molar-refractivity contribution in [1.29, 1.82) is 0 Å². The van der Waals surface area contributed by atoms with E-state index < -0.39 is 22.7 Å². The first-order chi connectivity index (χ1) is 10.3. The van der Waals surface area contributed by atoms with Crippen molar-refractivity contribution in [3.05, 3.63) is 40.5 Å². The number of hydrogen-bond donors (Lipinski definition) is 1. The molecule has 1 aliphatic heterocycles. The third kappa shape index (κ3) is 3.82. The van der Waals surface area contributed by atoms with Crippen molar-refractivity contribution in [3.8, 4) is 0 Å². The number of benzene rings is 1. The quantitative estimate of drug-likeness (QED) is 0.863. The van der Waals surface area contributed by atoms with E-state index in [2.05, 4.69) is 10.1 Å². The Labute approximate surface area is 128 Å². The van der Waals surface area contributed by atoms with Crippen molar-refractivity contribution in [2.24, 2.45) is 0 Å². The van der Waals surface area contributed by atoms with Crippen molar-refractivity contribution in [3.63, 3.8) is 0 Å². The topological polar surface area (TPSA) is 55.4 Å². The van der Waals surface area contributed by atoms with E-state index >= 15 is 0 Å². The number of anilines is 1. The van der Waals surface area contributed by atoms with Gasteiger partial charge in [-0.25, -0.2) is 0 Å². The summed E-state index contributed by atoms with van der Waals surface area (Å²) in [7, 11) is 0. The normalized spacial score (nSPS) is 15.3. The van der Waals surface area contributed by atoms with Gasteiger partial charge in [-0.3, -0.25) is 9.59 Å². The van der Waals surface area contributed by atoms with Gasteiger partial charge >= 0.3 is 6.18 Å². The zero-order valence-corrected chi connectivity index (χ0v) is 12.3. The van der Waals surface area contributed by atoms with Crippen molar-refractivity contribution in [2.45, 2.75) is 13.1 Å². The summed E-state index contributed by atoms with van der Waals surface area (Å²) in [5.74, 6) is -2.13. The lowest BCUT2D eigenvalue weighted by Gasteiger charge is -2.21. The second kappa shape index (κ2) is 6.43. The highest BCUT2D eigenvalue weighted by molar-refractivity contribution is 8.04. The minimum absolute atomic E-state index is 0.101. The second-order valence-electron chi connectivity index (χ2n) is 4.44. The lowest BCUT2D eigenvalue weighted by Crippen LogP contribution is -2.26. The Morgan fingerprint density at radius 3 is 2.68 bits per heavy atom. The van der Waals surface area contributed by atoms with E-state index in [1.54, 1.807) is 6.07 Å². The first kappa shape index (κ1) is 16.4. The van der Waals surface area contributed by atoms with Crippen LogP contribution in [0.3, 0.4) is 0 Å². The molecular weight excluding hydrogens is 319 g/mol. The standard InChI is InChI=1S/C14H12F3NO3S/c1-8(19)9-3-2-4-10(7-9)18-13(20)11-12(14(15,16)17)21-5-6-22-11/h2-4,7H,5-6H2,1H3,(H,18,20). The van der Waals surface area contributed by atoms with Crippen LogP contribution >= 0.6 is 11.8 Å². The molecule has 118 valence electrons. The fraction of sp³-hybridized carbons (Fsp3) is 0.286. The number of rotatable bonds is 3. The van der Waals surface area contributed by atoms with Crippen molar-refractivity contribution < 1.29 is 27.5 Å². The molecule has 2 rings (SSSR count). The van der Waals surface area contributed by atoms with Crippen molar-refractivity contribution in [2.75, 3.05) is 17.7 Å². The Bertz CT molecular complexity index is 640. The molecule has 0 aromatic heterocycles. The number of ether oxygens (including phenoxy) is 1. The molecule has 1 N–H and O–H groups in total. The van der Waals surface area contributed by atoms with E-state index in [4.69, 9.17) is 0 Å². The third-order valence-corrected chi connectivity index (χ3v) is 3.80. The Balaban J connectivity index is 2.26. The second-order valence-corrected chi connectivity index (χ2v) is 5.55. The van der Waals surface area contributed by atoms with Crippen LogP contribution in [0.15, 0.2) is 34.9 Å². The molecule has 0 spiro atoms. The van der Waals surface area contributed by atoms with Gasteiger partial charge in [0.05, 0.1) is 6.61 Å². The SMILES string of the molecule is CC(=O)c1cccc(NC(=O)C2=C(C(F)(F)F)OCCS2)c1. The van der Waals surface area contributed by atoms with Crippen LogP contribution in [0.2, 0.25) is 0 Å². The maximum Gasteiger partial charge on any atom is 0.450 e. The zero-order chi connectivity index (χ0) is 16.3. The molecule has 0 saturated carbocycles. The average molecular weight is 331 g/mol. The van der Waals surface area contributed by atoms with Crippen molar-refractivity contribution >= 4 is 29.1 Å². The number of amides is 1. The summed E-state index contributed by atoms with van der Waals surface area (Å²) in [6, 6.07) is 5.99. The molecule has 0 fully saturated rings. The summed E-state index contributed by atoms with van der Waals surface area (Å²) in [4.78, 5) is 22.8. The molecule has 0 unspecified atom stereocenters. The monoisotopic (exact) mass is 331 g/mol. The van der Waals surface area contributed by atoms with Crippen LogP contribution in [-0.2, 0) is 9.53 Å². The molecular formula is C14H12F3NO3S. The van der Waals surface area contributed by atoms with Gasteiger partial charge in [0.2, 0.25) is 5.76 Å². The highest BCUT2D eigenvalue weighted by atomic mass is 32.2. The molecule has 8 heteroatoms. The molecule has 0 radical (unpaired) electrons. The molecule has 0 aliphatic carbocycles. The molecule has 22 heavy (non-hydrogen) atoms. The summed E-state index contributed by atoms with van der Waals surface area (Å²) < 4.78 is 43.1. The van der Waals surface area contributed by atoms with Gasteiger partial charge in [-0.2, -0.15) is 13.2 Å². The number of carbonyl (C=O) groups excluding carboxylic acids is 2. The minimum Gasteiger partial charge on any atom is -0.487 e. The van der Waals surface area contributed by atoms with Crippen LogP contribution in [0.1, 0.15) is 17.3 Å². The Morgan fingerprint density at radius 2 is 2.05 bits per heavy atom.